The third kappa shape index (κ3) is 1.98. The Morgan fingerprint density at radius 1 is 1.22 bits per heavy atom. The first kappa shape index (κ1) is 7.07. The topological polar surface area (TPSA) is 20.2 Å². The Labute approximate surface area is 57.1 Å². The summed E-state index contributed by atoms with van der Waals surface area (Å²) in [7, 11) is 0. The highest BCUT2D eigenvalue weighted by Gasteiger charge is 2.16. The molecule has 1 heteroatoms. The van der Waals surface area contributed by atoms with E-state index in [1.165, 1.54) is 12.8 Å². The lowest BCUT2D eigenvalue weighted by molar-refractivity contribution is 0.109. The molecular formula is C8H15O. The van der Waals surface area contributed by atoms with Crippen LogP contribution in [0.1, 0.15) is 32.1 Å². The zero-order chi connectivity index (χ0) is 6.69. The molecule has 0 aromatic carbocycles. The molecule has 53 valence electrons. The Morgan fingerprint density at radius 2 is 1.78 bits per heavy atom. The van der Waals surface area contributed by atoms with Gasteiger partial charge in [0.1, 0.15) is 0 Å². The summed E-state index contributed by atoms with van der Waals surface area (Å²) in [6, 6.07) is 0. The van der Waals surface area contributed by atoms with Crippen LogP contribution in [-0.2, 0) is 0 Å². The predicted octanol–water partition coefficient (Wildman–Crippen LogP) is 1.76. The van der Waals surface area contributed by atoms with Crippen LogP contribution in [0, 0.1) is 12.8 Å². The van der Waals surface area contributed by atoms with E-state index in [1.54, 1.807) is 0 Å². The van der Waals surface area contributed by atoms with Gasteiger partial charge >= 0.3 is 0 Å². The molecule has 1 aliphatic carbocycles. The molecule has 0 bridgehead atoms. The maximum Gasteiger partial charge on any atom is 0.0540 e. The first-order chi connectivity index (χ1) is 4.33. The van der Waals surface area contributed by atoms with Crippen LogP contribution in [0.2, 0.25) is 0 Å². The molecule has 0 spiro atoms. The minimum Gasteiger partial charge on any atom is -0.393 e. The molecule has 9 heavy (non-hydrogen) atoms. The quantitative estimate of drug-likeness (QED) is 0.569. The number of aliphatic hydroxyl groups is 1. The van der Waals surface area contributed by atoms with Crippen LogP contribution in [0.15, 0.2) is 0 Å². The zero-order valence-corrected chi connectivity index (χ0v) is 5.84. The van der Waals surface area contributed by atoms with E-state index in [1.807, 2.05) is 0 Å². The molecule has 0 amide bonds. The summed E-state index contributed by atoms with van der Waals surface area (Å²) in [5.41, 5.74) is 0. The highest BCUT2D eigenvalue weighted by molar-refractivity contribution is 4.71. The van der Waals surface area contributed by atoms with Crippen molar-refractivity contribution in [2.24, 2.45) is 5.92 Å². The van der Waals surface area contributed by atoms with Gasteiger partial charge in [0.15, 0.2) is 0 Å². The van der Waals surface area contributed by atoms with Crippen LogP contribution in [0.25, 0.3) is 0 Å². The van der Waals surface area contributed by atoms with Crippen LogP contribution in [0.5, 0.6) is 0 Å². The summed E-state index contributed by atoms with van der Waals surface area (Å²) >= 11 is 0. The van der Waals surface area contributed by atoms with E-state index in [0.717, 1.165) is 25.2 Å². The molecule has 0 heterocycles. The predicted molar refractivity (Wildman–Crippen MR) is 37.9 cm³/mol. The van der Waals surface area contributed by atoms with Crippen LogP contribution >= 0.6 is 0 Å². The van der Waals surface area contributed by atoms with Gasteiger partial charge in [-0.25, -0.2) is 0 Å². The second-order valence-corrected chi connectivity index (χ2v) is 2.96. The van der Waals surface area contributed by atoms with Crippen molar-refractivity contribution in [2.45, 2.75) is 38.2 Å². The molecular weight excluding hydrogens is 112 g/mol. The zero-order valence-electron chi connectivity index (χ0n) is 5.84. The Hall–Kier alpha value is -0.0400. The third-order valence-electron chi connectivity index (χ3n) is 2.22. The molecule has 0 atom stereocenters. The van der Waals surface area contributed by atoms with Crippen LogP contribution in [-0.4, -0.2) is 11.2 Å². The van der Waals surface area contributed by atoms with Gasteiger partial charge in [-0.3, -0.25) is 0 Å². The van der Waals surface area contributed by atoms with Gasteiger partial charge < -0.3 is 5.11 Å². The van der Waals surface area contributed by atoms with Crippen molar-refractivity contribution in [3.05, 3.63) is 6.92 Å². The smallest absolute Gasteiger partial charge is 0.0540 e. The van der Waals surface area contributed by atoms with E-state index in [-0.39, 0.29) is 6.10 Å². The van der Waals surface area contributed by atoms with Gasteiger partial charge in [0.25, 0.3) is 0 Å². The molecule has 1 radical (unpaired) electrons. The maximum atomic E-state index is 9.10. The molecule has 0 aromatic heterocycles. The summed E-state index contributed by atoms with van der Waals surface area (Å²) in [5, 5.41) is 9.10. The fraction of sp³-hybridized carbons (Fsp3) is 0.875. The monoisotopic (exact) mass is 127 g/mol. The summed E-state index contributed by atoms with van der Waals surface area (Å²) in [5.74, 6) is 0.799. The van der Waals surface area contributed by atoms with Gasteiger partial charge in [-0.15, -0.1) is 0 Å². The summed E-state index contributed by atoms with van der Waals surface area (Å²) in [6.45, 7) is 3.85. The van der Waals surface area contributed by atoms with E-state index < -0.39 is 0 Å². The highest BCUT2D eigenvalue weighted by Crippen LogP contribution is 2.25. The van der Waals surface area contributed by atoms with Crippen molar-refractivity contribution in [3.63, 3.8) is 0 Å². The largest absolute Gasteiger partial charge is 0.393 e. The van der Waals surface area contributed by atoms with E-state index in [0.29, 0.717) is 0 Å². The normalized spacial score (nSPS) is 36.7. The van der Waals surface area contributed by atoms with Crippen LogP contribution in [0.4, 0.5) is 0 Å². The lowest BCUT2D eigenvalue weighted by Gasteiger charge is -2.23. The molecule has 1 N–H and O–H groups in total. The van der Waals surface area contributed by atoms with Crippen molar-refractivity contribution in [1.82, 2.24) is 0 Å². The molecule has 1 fully saturated rings. The van der Waals surface area contributed by atoms with Gasteiger partial charge in [0.05, 0.1) is 6.10 Å². The van der Waals surface area contributed by atoms with Gasteiger partial charge in [-0.2, -0.15) is 0 Å². The average Bonchev–Trinajstić information content (AvgIpc) is 1.90. The summed E-state index contributed by atoms with van der Waals surface area (Å²) < 4.78 is 0. The number of hydrogen-bond acceptors (Lipinski definition) is 1. The van der Waals surface area contributed by atoms with Gasteiger partial charge in [0.2, 0.25) is 0 Å². The molecule has 1 rings (SSSR count). The number of rotatable bonds is 1. The second kappa shape index (κ2) is 3.21. The van der Waals surface area contributed by atoms with Gasteiger partial charge in [-0.1, -0.05) is 13.3 Å². The van der Waals surface area contributed by atoms with Crippen molar-refractivity contribution < 1.29 is 5.11 Å². The van der Waals surface area contributed by atoms with Crippen LogP contribution < -0.4 is 0 Å². The van der Waals surface area contributed by atoms with E-state index >= 15 is 0 Å². The van der Waals surface area contributed by atoms with Gasteiger partial charge in [-0.05, 0) is 31.6 Å². The maximum absolute atomic E-state index is 9.10. The van der Waals surface area contributed by atoms with Gasteiger partial charge in [0, 0.05) is 0 Å². The minimum atomic E-state index is -0.00667. The SMILES string of the molecule is [CH2]CC1CCC(O)CC1. The van der Waals surface area contributed by atoms with Crippen LogP contribution in [0.3, 0.4) is 0 Å². The minimum absolute atomic E-state index is 0.00667. The lowest BCUT2D eigenvalue weighted by Crippen LogP contribution is -2.17. The lowest BCUT2D eigenvalue weighted by atomic mass is 9.86. The third-order valence-corrected chi connectivity index (χ3v) is 2.22. The fourth-order valence-electron chi connectivity index (χ4n) is 1.43. The molecule has 1 aliphatic rings. The molecule has 0 aliphatic heterocycles. The van der Waals surface area contributed by atoms with E-state index in [9.17, 15) is 0 Å². The Balaban J connectivity index is 2.18. The molecule has 1 nitrogen and oxygen atoms in total. The molecule has 0 unspecified atom stereocenters. The second-order valence-electron chi connectivity index (χ2n) is 2.96. The average molecular weight is 127 g/mol. The van der Waals surface area contributed by atoms with Crippen molar-refractivity contribution in [3.8, 4) is 0 Å². The fourth-order valence-corrected chi connectivity index (χ4v) is 1.43. The Morgan fingerprint density at radius 3 is 2.22 bits per heavy atom. The number of hydrogen-bond donors (Lipinski definition) is 1. The highest BCUT2D eigenvalue weighted by atomic mass is 16.3. The van der Waals surface area contributed by atoms with Crippen molar-refractivity contribution >= 4 is 0 Å². The first-order valence-corrected chi connectivity index (χ1v) is 3.80. The molecule has 0 aromatic rings. The number of aliphatic hydroxyl groups excluding tert-OH is 1. The summed E-state index contributed by atoms with van der Waals surface area (Å²) in [4.78, 5) is 0. The molecule has 1 saturated carbocycles. The Kier molecular flexibility index (Phi) is 2.52. The van der Waals surface area contributed by atoms with E-state index in [2.05, 4.69) is 6.92 Å². The van der Waals surface area contributed by atoms with E-state index in [4.69, 9.17) is 5.11 Å². The Bertz CT molecular complexity index is 72.6. The van der Waals surface area contributed by atoms with Crippen molar-refractivity contribution in [2.75, 3.05) is 0 Å². The molecule has 0 saturated heterocycles. The first-order valence-electron chi connectivity index (χ1n) is 3.80. The standard InChI is InChI=1S/C8H15O/c1-2-7-3-5-8(9)6-4-7/h7-9H,1-6H2. The van der Waals surface area contributed by atoms with Crippen molar-refractivity contribution in [1.29, 1.82) is 0 Å². The summed E-state index contributed by atoms with van der Waals surface area (Å²) in [6.07, 6.45) is 5.41.